The van der Waals surface area contributed by atoms with Gasteiger partial charge in [0.15, 0.2) is 0 Å². The number of aromatic amines is 1. The Morgan fingerprint density at radius 3 is 2.76 bits per heavy atom. The summed E-state index contributed by atoms with van der Waals surface area (Å²) in [7, 11) is 0. The highest BCUT2D eigenvalue weighted by molar-refractivity contribution is 7.71. The Balaban J connectivity index is 2.09. The molecule has 21 heavy (non-hydrogen) atoms. The molecule has 6 heteroatoms. The van der Waals surface area contributed by atoms with Crippen LogP contribution in [0.2, 0.25) is 0 Å². The van der Waals surface area contributed by atoms with Gasteiger partial charge in [-0.3, -0.25) is 0 Å². The van der Waals surface area contributed by atoms with Crippen LogP contribution < -0.4 is 5.73 Å². The van der Waals surface area contributed by atoms with Crippen LogP contribution in [0.5, 0.6) is 0 Å². The van der Waals surface area contributed by atoms with Crippen molar-refractivity contribution in [2.45, 2.75) is 0 Å². The van der Waals surface area contributed by atoms with Crippen molar-refractivity contribution in [1.82, 2.24) is 9.97 Å². The SMILES string of the molecule is N#Cc1cc(-c2nc(-c3ccccc3)cs2)c(N)[nH]c1=S. The zero-order chi connectivity index (χ0) is 14.8. The fourth-order valence-electron chi connectivity index (χ4n) is 1.94. The number of hydrogen-bond donors (Lipinski definition) is 2. The average Bonchev–Trinajstić information content (AvgIpc) is 2.98. The quantitative estimate of drug-likeness (QED) is 0.701. The number of nitrogens with one attached hydrogen (secondary N) is 1. The van der Waals surface area contributed by atoms with Crippen molar-refractivity contribution in [1.29, 1.82) is 5.26 Å². The van der Waals surface area contributed by atoms with Crippen molar-refractivity contribution < 1.29 is 0 Å². The molecule has 3 N–H and O–H groups in total. The Labute approximate surface area is 130 Å². The number of hydrogen-bond acceptors (Lipinski definition) is 5. The third-order valence-electron chi connectivity index (χ3n) is 3.00. The highest BCUT2D eigenvalue weighted by atomic mass is 32.1. The van der Waals surface area contributed by atoms with Gasteiger partial charge in [-0.15, -0.1) is 11.3 Å². The molecular weight excluding hydrogens is 300 g/mol. The molecule has 3 rings (SSSR count). The first-order chi connectivity index (χ1) is 10.2. The third kappa shape index (κ3) is 2.57. The van der Waals surface area contributed by atoms with Gasteiger partial charge in [-0.1, -0.05) is 42.5 Å². The van der Waals surface area contributed by atoms with E-state index in [2.05, 4.69) is 16.0 Å². The van der Waals surface area contributed by atoms with Crippen LogP contribution in [-0.4, -0.2) is 9.97 Å². The van der Waals surface area contributed by atoms with Gasteiger partial charge in [0.05, 0.1) is 16.8 Å². The summed E-state index contributed by atoms with van der Waals surface area (Å²) < 4.78 is 0.346. The van der Waals surface area contributed by atoms with Crippen LogP contribution in [-0.2, 0) is 0 Å². The van der Waals surface area contributed by atoms with Crippen molar-refractivity contribution in [3.05, 3.63) is 52.0 Å². The first-order valence-corrected chi connectivity index (χ1v) is 7.42. The lowest BCUT2D eigenvalue weighted by molar-refractivity contribution is 1.27. The number of nitrogens with two attached hydrogens (primary N) is 1. The molecule has 0 saturated carbocycles. The highest BCUT2D eigenvalue weighted by Gasteiger charge is 2.11. The van der Waals surface area contributed by atoms with Gasteiger partial charge in [-0.05, 0) is 6.07 Å². The van der Waals surface area contributed by atoms with Crippen LogP contribution in [0, 0.1) is 16.0 Å². The van der Waals surface area contributed by atoms with E-state index in [9.17, 15) is 0 Å². The number of anilines is 1. The minimum absolute atomic E-state index is 0.346. The largest absolute Gasteiger partial charge is 0.385 e. The molecule has 0 aliphatic heterocycles. The summed E-state index contributed by atoms with van der Waals surface area (Å²) in [5.41, 5.74) is 8.98. The van der Waals surface area contributed by atoms with E-state index in [1.165, 1.54) is 11.3 Å². The zero-order valence-electron chi connectivity index (χ0n) is 10.8. The maximum atomic E-state index is 9.07. The normalized spacial score (nSPS) is 10.2. The molecule has 0 spiro atoms. The van der Waals surface area contributed by atoms with Gasteiger partial charge in [0.1, 0.15) is 21.5 Å². The van der Waals surface area contributed by atoms with Gasteiger partial charge in [0.25, 0.3) is 0 Å². The van der Waals surface area contributed by atoms with Crippen LogP contribution >= 0.6 is 23.6 Å². The van der Waals surface area contributed by atoms with Gasteiger partial charge in [-0.25, -0.2) is 4.98 Å². The molecular formula is C15H10N4S2. The lowest BCUT2D eigenvalue weighted by Crippen LogP contribution is -1.96. The molecule has 102 valence electrons. The summed E-state index contributed by atoms with van der Waals surface area (Å²) in [5, 5.41) is 11.8. The summed E-state index contributed by atoms with van der Waals surface area (Å²) >= 11 is 6.54. The van der Waals surface area contributed by atoms with Crippen LogP contribution in [0.25, 0.3) is 21.8 Å². The predicted molar refractivity (Wildman–Crippen MR) is 87.3 cm³/mol. The van der Waals surface area contributed by atoms with E-state index in [0.29, 0.717) is 21.6 Å². The van der Waals surface area contributed by atoms with E-state index in [4.69, 9.17) is 23.2 Å². The second-order valence-corrected chi connectivity index (χ2v) is 5.62. The maximum absolute atomic E-state index is 9.07. The van der Waals surface area contributed by atoms with E-state index in [0.717, 1.165) is 16.3 Å². The predicted octanol–water partition coefficient (Wildman–Crippen LogP) is 3.99. The minimum atomic E-state index is 0.346. The van der Waals surface area contributed by atoms with E-state index >= 15 is 0 Å². The van der Waals surface area contributed by atoms with Crippen molar-refractivity contribution in [3.63, 3.8) is 0 Å². The smallest absolute Gasteiger partial charge is 0.127 e. The second-order valence-electron chi connectivity index (χ2n) is 4.36. The average molecular weight is 310 g/mol. The molecule has 0 atom stereocenters. The number of pyridine rings is 1. The second kappa shape index (κ2) is 5.48. The van der Waals surface area contributed by atoms with Crippen LogP contribution in [0.3, 0.4) is 0 Å². The minimum Gasteiger partial charge on any atom is -0.385 e. The Bertz CT molecular complexity index is 888. The Morgan fingerprint density at radius 1 is 1.29 bits per heavy atom. The van der Waals surface area contributed by atoms with E-state index in [-0.39, 0.29) is 0 Å². The molecule has 0 amide bonds. The number of thiazole rings is 1. The number of benzene rings is 1. The Hall–Kier alpha value is -2.49. The topological polar surface area (TPSA) is 78.5 Å². The molecule has 2 aromatic heterocycles. The summed E-state index contributed by atoms with van der Waals surface area (Å²) in [4.78, 5) is 7.43. The van der Waals surface area contributed by atoms with Gasteiger partial charge < -0.3 is 10.7 Å². The standard InChI is InChI=1S/C15H10N4S2/c16-7-10-6-11(13(17)19-14(10)20)15-18-12(8-21-15)9-4-2-1-3-5-9/h1-6,8H,(H3,17,19,20). The third-order valence-corrected chi connectivity index (χ3v) is 4.19. The lowest BCUT2D eigenvalue weighted by Gasteiger charge is -2.03. The molecule has 1 aromatic carbocycles. The zero-order valence-corrected chi connectivity index (χ0v) is 12.5. The van der Waals surface area contributed by atoms with Crippen LogP contribution in [0.4, 0.5) is 5.82 Å². The van der Waals surface area contributed by atoms with Gasteiger partial charge >= 0.3 is 0 Å². The Morgan fingerprint density at radius 2 is 2.05 bits per heavy atom. The maximum Gasteiger partial charge on any atom is 0.127 e. The van der Waals surface area contributed by atoms with Crippen molar-refractivity contribution >= 4 is 29.4 Å². The molecule has 3 aromatic rings. The number of nitrogen functional groups attached to an aromatic ring is 1. The van der Waals surface area contributed by atoms with E-state index < -0.39 is 0 Å². The first kappa shape index (κ1) is 13.5. The van der Waals surface area contributed by atoms with Crippen molar-refractivity contribution in [2.24, 2.45) is 0 Å². The molecule has 0 unspecified atom stereocenters. The van der Waals surface area contributed by atoms with Crippen LogP contribution in [0.1, 0.15) is 5.56 Å². The molecule has 0 bridgehead atoms. The Kier molecular flexibility index (Phi) is 3.52. The molecule has 0 aliphatic carbocycles. The summed E-state index contributed by atoms with van der Waals surface area (Å²) in [5.74, 6) is 0.424. The molecule has 0 fully saturated rings. The van der Waals surface area contributed by atoms with E-state index in [1.54, 1.807) is 6.07 Å². The summed E-state index contributed by atoms with van der Waals surface area (Å²) in [6, 6.07) is 13.6. The van der Waals surface area contributed by atoms with E-state index in [1.807, 2.05) is 35.7 Å². The number of nitrogens with zero attached hydrogens (tertiary/aromatic N) is 2. The molecule has 0 saturated heterocycles. The summed E-state index contributed by atoms with van der Waals surface area (Å²) in [6.45, 7) is 0. The first-order valence-electron chi connectivity index (χ1n) is 6.13. The fraction of sp³-hybridized carbons (Fsp3) is 0. The number of rotatable bonds is 2. The highest BCUT2D eigenvalue weighted by Crippen LogP contribution is 2.31. The number of nitriles is 1. The van der Waals surface area contributed by atoms with Crippen molar-refractivity contribution in [3.8, 4) is 27.9 Å². The molecule has 0 aliphatic rings. The van der Waals surface area contributed by atoms with Gasteiger partial charge in [0.2, 0.25) is 0 Å². The van der Waals surface area contributed by atoms with Gasteiger partial charge in [-0.2, -0.15) is 5.26 Å². The molecule has 4 nitrogen and oxygen atoms in total. The molecule has 2 heterocycles. The van der Waals surface area contributed by atoms with Gasteiger partial charge in [0, 0.05) is 10.9 Å². The summed E-state index contributed by atoms with van der Waals surface area (Å²) in [6.07, 6.45) is 0. The monoisotopic (exact) mass is 310 g/mol. The fourth-order valence-corrected chi connectivity index (χ4v) is 3.02. The molecule has 0 radical (unpaired) electrons. The number of aromatic nitrogens is 2. The lowest BCUT2D eigenvalue weighted by atomic mass is 10.2. The number of H-pyrrole nitrogens is 1. The van der Waals surface area contributed by atoms with Crippen molar-refractivity contribution in [2.75, 3.05) is 5.73 Å². The van der Waals surface area contributed by atoms with Crippen LogP contribution in [0.15, 0.2) is 41.8 Å².